The third kappa shape index (κ3) is 3.13. The first-order valence-electron chi connectivity index (χ1n) is 7.75. The van der Waals surface area contributed by atoms with E-state index in [1.165, 1.54) is 0 Å². The van der Waals surface area contributed by atoms with Gasteiger partial charge >= 0.3 is 6.03 Å². The van der Waals surface area contributed by atoms with Crippen LogP contribution in [0, 0.1) is 0 Å². The van der Waals surface area contributed by atoms with Crippen LogP contribution in [0.5, 0.6) is 0 Å². The largest absolute Gasteiger partial charge is 0.340 e. The second-order valence-corrected chi connectivity index (χ2v) is 7.61. The van der Waals surface area contributed by atoms with Crippen LogP contribution in [0.1, 0.15) is 20.3 Å². The van der Waals surface area contributed by atoms with Gasteiger partial charge in [-0.3, -0.25) is 9.69 Å². The Balaban J connectivity index is 1.50. The minimum atomic E-state index is -0.0895. The van der Waals surface area contributed by atoms with Crippen LogP contribution in [0.15, 0.2) is 0 Å². The van der Waals surface area contributed by atoms with E-state index in [1.54, 1.807) is 11.8 Å². The van der Waals surface area contributed by atoms with E-state index in [0.717, 1.165) is 31.9 Å². The number of urea groups is 1. The van der Waals surface area contributed by atoms with Crippen LogP contribution in [-0.2, 0) is 4.79 Å². The minimum Gasteiger partial charge on any atom is -0.340 e. The summed E-state index contributed by atoms with van der Waals surface area (Å²) in [6.07, 6.45) is 0.537. The fourth-order valence-electron chi connectivity index (χ4n) is 3.35. The van der Waals surface area contributed by atoms with Crippen molar-refractivity contribution in [2.45, 2.75) is 43.6 Å². The predicted molar refractivity (Wildman–Crippen MR) is 83.4 cm³/mol. The van der Waals surface area contributed by atoms with Crippen molar-refractivity contribution < 1.29 is 9.59 Å². The van der Waals surface area contributed by atoms with Gasteiger partial charge in [-0.15, -0.1) is 0 Å². The van der Waals surface area contributed by atoms with Crippen LogP contribution in [0.4, 0.5) is 4.79 Å². The molecule has 3 unspecified atom stereocenters. The molecule has 0 aliphatic carbocycles. The number of nitrogens with zero attached hydrogens (tertiary/aromatic N) is 2. The van der Waals surface area contributed by atoms with E-state index in [-0.39, 0.29) is 29.3 Å². The summed E-state index contributed by atoms with van der Waals surface area (Å²) in [4.78, 5) is 28.2. The second kappa shape index (κ2) is 6.04. The van der Waals surface area contributed by atoms with Gasteiger partial charge in [0.15, 0.2) is 0 Å². The molecule has 0 saturated carbocycles. The van der Waals surface area contributed by atoms with E-state index < -0.39 is 0 Å². The van der Waals surface area contributed by atoms with Gasteiger partial charge in [0.2, 0.25) is 5.91 Å². The van der Waals surface area contributed by atoms with Crippen molar-refractivity contribution in [3.63, 3.8) is 0 Å². The number of carbonyl (C=O) groups is 2. The quantitative estimate of drug-likeness (QED) is 0.725. The van der Waals surface area contributed by atoms with E-state index >= 15 is 0 Å². The molecule has 3 fully saturated rings. The van der Waals surface area contributed by atoms with Crippen molar-refractivity contribution in [3.05, 3.63) is 0 Å². The number of fused-ring (bicyclic) bond motifs is 1. The fraction of sp³-hybridized carbons (Fsp3) is 0.857. The highest BCUT2D eigenvalue weighted by Gasteiger charge is 2.44. The number of carbonyl (C=O) groups excluding carboxylic acids is 2. The van der Waals surface area contributed by atoms with Crippen molar-refractivity contribution in [2.75, 3.05) is 31.9 Å². The number of piperazine rings is 1. The maximum atomic E-state index is 12.5. The molecule has 0 spiro atoms. The lowest BCUT2D eigenvalue weighted by atomic mass is 10.1. The molecule has 3 aliphatic rings. The fourth-order valence-corrected chi connectivity index (χ4v) is 4.83. The molecule has 3 rings (SSSR count). The molecule has 3 saturated heterocycles. The molecular formula is C14H24N4O2S. The van der Waals surface area contributed by atoms with E-state index in [9.17, 15) is 9.59 Å². The Morgan fingerprint density at radius 3 is 2.67 bits per heavy atom. The van der Waals surface area contributed by atoms with Crippen LogP contribution in [0.2, 0.25) is 0 Å². The first-order chi connectivity index (χ1) is 10.0. The number of amides is 3. The predicted octanol–water partition coefficient (Wildman–Crippen LogP) is 0.0945. The summed E-state index contributed by atoms with van der Waals surface area (Å²) in [5, 5.41) is 6.07. The molecule has 3 heterocycles. The Morgan fingerprint density at radius 1 is 1.29 bits per heavy atom. The van der Waals surface area contributed by atoms with Crippen molar-refractivity contribution in [1.29, 1.82) is 0 Å². The topological polar surface area (TPSA) is 64.7 Å². The van der Waals surface area contributed by atoms with Gasteiger partial charge in [-0.25, -0.2) is 4.79 Å². The highest BCUT2D eigenvalue weighted by molar-refractivity contribution is 8.00. The molecular weight excluding hydrogens is 288 g/mol. The summed E-state index contributed by atoms with van der Waals surface area (Å²) in [5.74, 6) is 1.14. The van der Waals surface area contributed by atoms with Gasteiger partial charge in [0.1, 0.15) is 0 Å². The highest BCUT2D eigenvalue weighted by atomic mass is 32.2. The van der Waals surface area contributed by atoms with Crippen LogP contribution in [0.25, 0.3) is 0 Å². The molecule has 0 aromatic heterocycles. The van der Waals surface area contributed by atoms with Gasteiger partial charge in [0.05, 0.1) is 12.1 Å². The monoisotopic (exact) mass is 312 g/mol. The molecule has 0 aromatic carbocycles. The highest BCUT2D eigenvalue weighted by Crippen LogP contribution is 2.32. The second-order valence-electron chi connectivity index (χ2n) is 6.34. The Kier molecular flexibility index (Phi) is 4.31. The van der Waals surface area contributed by atoms with Gasteiger partial charge in [0.25, 0.3) is 0 Å². The van der Waals surface area contributed by atoms with E-state index in [2.05, 4.69) is 29.4 Å². The normalized spacial score (nSPS) is 33.0. The smallest absolute Gasteiger partial charge is 0.315 e. The average Bonchev–Trinajstić information content (AvgIpc) is 2.99. The van der Waals surface area contributed by atoms with Crippen LogP contribution >= 0.6 is 11.8 Å². The maximum absolute atomic E-state index is 12.5. The van der Waals surface area contributed by atoms with Crippen LogP contribution in [0.3, 0.4) is 0 Å². The number of thioether (sulfide) groups is 1. The molecule has 3 amide bonds. The third-order valence-electron chi connectivity index (χ3n) is 4.71. The third-order valence-corrected chi connectivity index (χ3v) is 6.15. The Hall–Kier alpha value is -0.950. The number of nitrogens with one attached hydrogen (secondary N) is 2. The van der Waals surface area contributed by atoms with Gasteiger partial charge in [-0.2, -0.15) is 11.8 Å². The number of hydrogen-bond donors (Lipinski definition) is 2. The van der Waals surface area contributed by atoms with Crippen LogP contribution < -0.4 is 10.6 Å². The zero-order chi connectivity index (χ0) is 15.0. The lowest BCUT2D eigenvalue weighted by molar-refractivity contribution is -0.133. The molecule has 6 nitrogen and oxygen atoms in total. The zero-order valence-electron chi connectivity index (χ0n) is 12.7. The standard InChI is InChI=1S/C14H24N4O2S/c1-9(2)17-3-5-18(6-4-17)12(19)7-11-13-10(8-21-11)15-14(20)16-13/h9-11,13H,3-8H2,1-2H3,(H2,15,16,20). The first-order valence-corrected chi connectivity index (χ1v) is 8.80. The molecule has 3 aliphatic heterocycles. The van der Waals surface area contributed by atoms with Crippen molar-refractivity contribution in [3.8, 4) is 0 Å². The van der Waals surface area contributed by atoms with Gasteiger partial charge < -0.3 is 15.5 Å². The Morgan fingerprint density at radius 2 is 2.00 bits per heavy atom. The van der Waals surface area contributed by atoms with Crippen LogP contribution in [-0.4, -0.2) is 77.0 Å². The van der Waals surface area contributed by atoms with Gasteiger partial charge in [-0.1, -0.05) is 0 Å². The molecule has 2 N–H and O–H groups in total. The minimum absolute atomic E-state index is 0.0895. The zero-order valence-corrected chi connectivity index (χ0v) is 13.5. The molecule has 7 heteroatoms. The van der Waals surface area contributed by atoms with E-state index in [4.69, 9.17) is 0 Å². The summed E-state index contributed by atoms with van der Waals surface area (Å²) >= 11 is 1.80. The SMILES string of the molecule is CC(C)N1CCN(C(=O)CC2SCC3NC(=O)NC32)CC1. The summed E-state index contributed by atoms with van der Waals surface area (Å²) in [6, 6.07) is 0.767. The van der Waals surface area contributed by atoms with Crippen molar-refractivity contribution >= 4 is 23.7 Å². The van der Waals surface area contributed by atoms with Crippen molar-refractivity contribution in [2.24, 2.45) is 0 Å². The van der Waals surface area contributed by atoms with Crippen molar-refractivity contribution in [1.82, 2.24) is 20.4 Å². The van der Waals surface area contributed by atoms with Gasteiger partial charge in [0, 0.05) is 49.6 Å². The van der Waals surface area contributed by atoms with E-state index in [0.29, 0.717) is 12.5 Å². The average molecular weight is 312 g/mol. The first kappa shape index (κ1) is 15.0. The summed E-state index contributed by atoms with van der Waals surface area (Å²) in [5.41, 5.74) is 0. The molecule has 0 radical (unpaired) electrons. The van der Waals surface area contributed by atoms with E-state index in [1.807, 2.05) is 4.90 Å². The summed E-state index contributed by atoms with van der Waals surface area (Å²) in [7, 11) is 0. The number of rotatable bonds is 3. The molecule has 3 atom stereocenters. The lowest BCUT2D eigenvalue weighted by Crippen LogP contribution is -2.51. The summed E-state index contributed by atoms with van der Waals surface area (Å²) in [6.45, 7) is 7.97. The Bertz CT molecular complexity index is 423. The Labute approximate surface area is 130 Å². The van der Waals surface area contributed by atoms with Gasteiger partial charge in [-0.05, 0) is 13.8 Å². The molecule has 0 aromatic rings. The number of hydrogen-bond acceptors (Lipinski definition) is 4. The maximum Gasteiger partial charge on any atom is 0.315 e. The molecule has 0 bridgehead atoms. The molecule has 21 heavy (non-hydrogen) atoms. The summed E-state index contributed by atoms with van der Waals surface area (Å²) < 4.78 is 0. The lowest BCUT2D eigenvalue weighted by Gasteiger charge is -2.37. The molecule has 118 valence electrons.